The minimum atomic E-state index is -0.0377. The lowest BCUT2D eigenvalue weighted by Crippen LogP contribution is -2.49. The first-order chi connectivity index (χ1) is 17.6. The Hall–Kier alpha value is -3.49. The molecule has 8 nitrogen and oxygen atoms in total. The second-order valence-corrected chi connectivity index (χ2v) is 9.70. The first kappa shape index (κ1) is 24.2. The van der Waals surface area contributed by atoms with Crippen molar-refractivity contribution in [2.75, 3.05) is 31.5 Å². The third-order valence-electron chi connectivity index (χ3n) is 7.04. The number of aromatic amines is 1. The SMILES string of the molecule is CC(=O)Nc1ccc(CC(CCCc2c[nH]c3ccc(Cn4cncn4)cc23)N2CCNCC2)cc1. The zero-order valence-electron chi connectivity index (χ0n) is 20.9. The maximum absolute atomic E-state index is 11.3. The van der Waals surface area contributed by atoms with Gasteiger partial charge in [0.05, 0.1) is 6.54 Å². The molecule has 1 saturated heterocycles. The second kappa shape index (κ2) is 11.5. The number of rotatable bonds is 10. The quantitative estimate of drug-likeness (QED) is 0.319. The van der Waals surface area contributed by atoms with E-state index in [1.807, 2.05) is 16.8 Å². The average molecular weight is 486 g/mol. The Labute approximate surface area is 212 Å². The molecular formula is C28H35N7O. The van der Waals surface area contributed by atoms with E-state index in [1.54, 1.807) is 19.6 Å². The molecule has 0 spiro atoms. The van der Waals surface area contributed by atoms with Crippen molar-refractivity contribution in [3.63, 3.8) is 0 Å². The van der Waals surface area contributed by atoms with Crippen molar-refractivity contribution >= 4 is 22.5 Å². The number of nitrogens with one attached hydrogen (secondary N) is 3. The standard InChI is InChI=1S/C28H35N7O/c1-21(36)33-25-8-5-22(6-9-25)15-26(34-13-11-29-12-14-34)4-2-3-24-17-31-28-10-7-23(16-27(24)28)18-35-20-30-19-32-35/h5-10,16-17,19-20,26,29,31H,2-4,11-15,18H2,1H3,(H,33,36). The van der Waals surface area contributed by atoms with Crippen molar-refractivity contribution in [3.05, 3.63) is 78.0 Å². The molecule has 0 radical (unpaired) electrons. The van der Waals surface area contributed by atoms with Crippen LogP contribution in [0.1, 0.15) is 36.5 Å². The number of aryl methyl sites for hydroxylation is 1. The van der Waals surface area contributed by atoms with Gasteiger partial charge in [0.15, 0.2) is 0 Å². The summed E-state index contributed by atoms with van der Waals surface area (Å²) in [5.74, 6) is -0.0377. The Morgan fingerprint density at radius 3 is 2.67 bits per heavy atom. The third kappa shape index (κ3) is 6.19. The van der Waals surface area contributed by atoms with Gasteiger partial charge in [-0.2, -0.15) is 5.10 Å². The van der Waals surface area contributed by atoms with E-state index in [4.69, 9.17) is 0 Å². The zero-order chi connectivity index (χ0) is 24.7. The van der Waals surface area contributed by atoms with Crippen LogP contribution in [0.15, 0.2) is 61.3 Å². The van der Waals surface area contributed by atoms with Crippen LogP contribution < -0.4 is 10.6 Å². The Bertz CT molecular complexity index is 1260. The van der Waals surface area contributed by atoms with Crippen molar-refractivity contribution in [2.45, 2.75) is 45.2 Å². The highest BCUT2D eigenvalue weighted by atomic mass is 16.1. The lowest BCUT2D eigenvalue weighted by Gasteiger charge is -2.35. The number of benzene rings is 2. The Morgan fingerprint density at radius 1 is 1.11 bits per heavy atom. The summed E-state index contributed by atoms with van der Waals surface area (Å²) in [4.78, 5) is 21.5. The minimum absolute atomic E-state index is 0.0377. The summed E-state index contributed by atoms with van der Waals surface area (Å²) < 4.78 is 1.86. The van der Waals surface area contributed by atoms with Crippen molar-refractivity contribution in [3.8, 4) is 0 Å². The number of aromatic nitrogens is 4. The maximum Gasteiger partial charge on any atom is 0.221 e. The van der Waals surface area contributed by atoms with Gasteiger partial charge in [0.1, 0.15) is 12.7 Å². The molecule has 1 fully saturated rings. The second-order valence-electron chi connectivity index (χ2n) is 9.70. The molecule has 188 valence electrons. The van der Waals surface area contributed by atoms with Crippen LogP contribution >= 0.6 is 0 Å². The zero-order valence-corrected chi connectivity index (χ0v) is 20.9. The third-order valence-corrected chi connectivity index (χ3v) is 7.04. The van der Waals surface area contributed by atoms with E-state index in [0.717, 1.165) is 64.1 Å². The van der Waals surface area contributed by atoms with E-state index in [9.17, 15) is 4.79 Å². The number of H-pyrrole nitrogens is 1. The Balaban J connectivity index is 1.24. The normalized spacial score (nSPS) is 15.2. The summed E-state index contributed by atoms with van der Waals surface area (Å²) in [6.07, 6.45) is 9.87. The highest BCUT2D eigenvalue weighted by Crippen LogP contribution is 2.24. The molecule has 3 heterocycles. The van der Waals surface area contributed by atoms with Gasteiger partial charge in [-0.25, -0.2) is 9.67 Å². The van der Waals surface area contributed by atoms with Gasteiger partial charge in [-0.05, 0) is 66.6 Å². The Morgan fingerprint density at radius 2 is 1.92 bits per heavy atom. The number of hydrogen-bond donors (Lipinski definition) is 3. The molecule has 1 atom stereocenters. The smallest absolute Gasteiger partial charge is 0.221 e. The number of fused-ring (bicyclic) bond motifs is 1. The largest absolute Gasteiger partial charge is 0.361 e. The molecule has 1 aliphatic rings. The molecule has 36 heavy (non-hydrogen) atoms. The molecule has 1 unspecified atom stereocenters. The minimum Gasteiger partial charge on any atom is -0.361 e. The van der Waals surface area contributed by atoms with Crippen molar-refractivity contribution in [1.29, 1.82) is 0 Å². The fraction of sp³-hybridized carbons (Fsp3) is 0.393. The average Bonchev–Trinajstić information content (AvgIpc) is 3.55. The first-order valence-electron chi connectivity index (χ1n) is 12.9. The van der Waals surface area contributed by atoms with Crippen LogP contribution in [0.5, 0.6) is 0 Å². The van der Waals surface area contributed by atoms with Crippen LogP contribution in [0.4, 0.5) is 5.69 Å². The maximum atomic E-state index is 11.3. The number of nitrogens with zero attached hydrogens (tertiary/aromatic N) is 4. The fourth-order valence-corrected chi connectivity index (χ4v) is 5.22. The summed E-state index contributed by atoms with van der Waals surface area (Å²) >= 11 is 0. The monoisotopic (exact) mass is 485 g/mol. The van der Waals surface area contributed by atoms with Crippen LogP contribution in [-0.4, -0.2) is 62.8 Å². The lowest BCUT2D eigenvalue weighted by molar-refractivity contribution is -0.114. The van der Waals surface area contributed by atoms with Crippen LogP contribution in [0.2, 0.25) is 0 Å². The highest BCUT2D eigenvalue weighted by Gasteiger charge is 2.21. The highest BCUT2D eigenvalue weighted by molar-refractivity contribution is 5.88. The van der Waals surface area contributed by atoms with Gasteiger partial charge >= 0.3 is 0 Å². The molecular weight excluding hydrogens is 450 g/mol. The van der Waals surface area contributed by atoms with E-state index in [0.29, 0.717) is 6.04 Å². The molecule has 5 rings (SSSR count). The molecule has 0 aliphatic carbocycles. The predicted molar refractivity (Wildman–Crippen MR) is 143 cm³/mol. The van der Waals surface area contributed by atoms with Crippen LogP contribution in [-0.2, 0) is 24.2 Å². The number of amides is 1. The van der Waals surface area contributed by atoms with E-state index in [-0.39, 0.29) is 5.91 Å². The number of piperazine rings is 1. The van der Waals surface area contributed by atoms with Gasteiger partial charge in [-0.3, -0.25) is 9.69 Å². The van der Waals surface area contributed by atoms with Gasteiger partial charge in [0.25, 0.3) is 0 Å². The number of carbonyl (C=O) groups excluding carboxylic acids is 1. The van der Waals surface area contributed by atoms with Gasteiger partial charge in [-0.15, -0.1) is 0 Å². The van der Waals surface area contributed by atoms with Gasteiger partial charge in [0.2, 0.25) is 5.91 Å². The van der Waals surface area contributed by atoms with E-state index >= 15 is 0 Å². The van der Waals surface area contributed by atoms with Crippen LogP contribution in [0.3, 0.4) is 0 Å². The topological polar surface area (TPSA) is 90.9 Å². The van der Waals surface area contributed by atoms with Crippen molar-refractivity contribution in [2.24, 2.45) is 0 Å². The summed E-state index contributed by atoms with van der Waals surface area (Å²) in [6.45, 7) is 6.55. The molecule has 2 aromatic carbocycles. The van der Waals surface area contributed by atoms with Crippen molar-refractivity contribution in [1.82, 2.24) is 30.0 Å². The molecule has 1 aliphatic heterocycles. The summed E-state index contributed by atoms with van der Waals surface area (Å²) in [5, 5.41) is 11.9. The summed E-state index contributed by atoms with van der Waals surface area (Å²) in [7, 11) is 0. The number of carbonyl (C=O) groups is 1. The van der Waals surface area contributed by atoms with Gasteiger partial charge < -0.3 is 15.6 Å². The number of anilines is 1. The van der Waals surface area contributed by atoms with Crippen LogP contribution in [0.25, 0.3) is 10.9 Å². The van der Waals surface area contributed by atoms with Crippen LogP contribution in [0, 0.1) is 0 Å². The van der Waals surface area contributed by atoms with E-state index < -0.39 is 0 Å². The summed E-state index contributed by atoms with van der Waals surface area (Å²) in [6, 6.07) is 15.4. The van der Waals surface area contributed by atoms with Gasteiger partial charge in [-0.1, -0.05) is 18.2 Å². The Kier molecular flexibility index (Phi) is 7.73. The van der Waals surface area contributed by atoms with Gasteiger partial charge in [0, 0.05) is 61.9 Å². The molecule has 0 bridgehead atoms. The molecule has 3 N–H and O–H groups in total. The van der Waals surface area contributed by atoms with Crippen molar-refractivity contribution < 1.29 is 4.79 Å². The molecule has 1 amide bonds. The van der Waals surface area contributed by atoms with E-state index in [2.05, 4.69) is 67.1 Å². The molecule has 0 saturated carbocycles. The summed E-state index contributed by atoms with van der Waals surface area (Å²) in [5.41, 5.74) is 5.97. The first-order valence-corrected chi connectivity index (χ1v) is 12.9. The fourth-order valence-electron chi connectivity index (χ4n) is 5.22. The molecule has 4 aromatic rings. The lowest BCUT2D eigenvalue weighted by atomic mass is 9.96. The molecule has 2 aromatic heterocycles. The molecule has 8 heteroatoms. The van der Waals surface area contributed by atoms with E-state index in [1.165, 1.54) is 27.6 Å². The number of hydrogen-bond acceptors (Lipinski definition) is 5. The predicted octanol–water partition coefficient (Wildman–Crippen LogP) is 3.61.